The number of aromatic nitrogens is 2. The van der Waals surface area contributed by atoms with Crippen LogP contribution < -0.4 is 5.32 Å². The first-order chi connectivity index (χ1) is 8.81. The Morgan fingerprint density at radius 1 is 1.33 bits per heavy atom. The number of imidazole rings is 1. The van der Waals surface area contributed by atoms with E-state index in [4.69, 9.17) is 0 Å². The molecule has 1 N–H and O–H groups in total. The number of rotatable bonds is 3. The Bertz CT molecular complexity index is 518. The van der Waals surface area contributed by atoms with E-state index in [1.807, 2.05) is 24.5 Å². The van der Waals surface area contributed by atoms with Crippen LogP contribution in [0.2, 0.25) is 0 Å². The summed E-state index contributed by atoms with van der Waals surface area (Å²) in [6, 6.07) is 7.12. The smallest absolute Gasteiger partial charge is 0.123 e. The monoisotopic (exact) mass is 245 g/mol. The number of hydrogen-bond donors (Lipinski definition) is 1. The number of halogens is 1. The Morgan fingerprint density at radius 2 is 2.17 bits per heavy atom. The lowest BCUT2D eigenvalue weighted by Gasteiger charge is -2.24. The SMILES string of the molecule is Fc1ccc(CN[C@@H]2CCn3ccnc3C2)cc1. The van der Waals surface area contributed by atoms with E-state index in [9.17, 15) is 4.39 Å². The van der Waals surface area contributed by atoms with E-state index >= 15 is 0 Å². The van der Waals surface area contributed by atoms with Gasteiger partial charge in [0.15, 0.2) is 0 Å². The molecule has 0 aliphatic carbocycles. The van der Waals surface area contributed by atoms with Crippen LogP contribution in [0.15, 0.2) is 36.7 Å². The molecule has 0 spiro atoms. The van der Waals surface area contributed by atoms with E-state index in [0.717, 1.165) is 37.3 Å². The van der Waals surface area contributed by atoms with Crippen LogP contribution in [0.1, 0.15) is 17.8 Å². The molecule has 3 nitrogen and oxygen atoms in total. The van der Waals surface area contributed by atoms with Crippen LogP contribution in [0.5, 0.6) is 0 Å². The van der Waals surface area contributed by atoms with E-state index in [1.165, 1.54) is 12.1 Å². The third-order valence-electron chi connectivity index (χ3n) is 3.46. The van der Waals surface area contributed by atoms with Crippen LogP contribution in [-0.4, -0.2) is 15.6 Å². The molecule has 2 heterocycles. The van der Waals surface area contributed by atoms with E-state index in [2.05, 4.69) is 14.9 Å². The zero-order valence-corrected chi connectivity index (χ0v) is 10.1. The van der Waals surface area contributed by atoms with E-state index in [0.29, 0.717) is 6.04 Å². The Labute approximate surface area is 106 Å². The molecule has 1 atom stereocenters. The molecule has 1 aliphatic rings. The average Bonchev–Trinajstić information content (AvgIpc) is 2.85. The maximum Gasteiger partial charge on any atom is 0.123 e. The van der Waals surface area contributed by atoms with Gasteiger partial charge in [-0.2, -0.15) is 0 Å². The normalized spacial score (nSPS) is 18.6. The molecule has 0 radical (unpaired) electrons. The number of aryl methyl sites for hydroxylation is 1. The molecule has 0 amide bonds. The van der Waals surface area contributed by atoms with Crippen molar-refractivity contribution >= 4 is 0 Å². The molecule has 0 saturated heterocycles. The number of hydrogen-bond acceptors (Lipinski definition) is 2. The fourth-order valence-electron chi connectivity index (χ4n) is 2.39. The fraction of sp³-hybridized carbons (Fsp3) is 0.357. The maximum absolute atomic E-state index is 12.8. The topological polar surface area (TPSA) is 29.9 Å². The van der Waals surface area contributed by atoms with Crippen molar-refractivity contribution in [2.24, 2.45) is 0 Å². The predicted molar refractivity (Wildman–Crippen MR) is 67.6 cm³/mol. The zero-order chi connectivity index (χ0) is 12.4. The van der Waals surface area contributed by atoms with Crippen molar-refractivity contribution < 1.29 is 4.39 Å². The van der Waals surface area contributed by atoms with Gasteiger partial charge in [-0.05, 0) is 24.1 Å². The first-order valence-corrected chi connectivity index (χ1v) is 6.29. The number of nitrogens with zero attached hydrogens (tertiary/aromatic N) is 2. The van der Waals surface area contributed by atoms with Crippen LogP contribution >= 0.6 is 0 Å². The second-order valence-corrected chi connectivity index (χ2v) is 4.73. The van der Waals surface area contributed by atoms with Gasteiger partial charge in [0, 0.05) is 37.9 Å². The van der Waals surface area contributed by atoms with Crippen LogP contribution in [0.4, 0.5) is 4.39 Å². The summed E-state index contributed by atoms with van der Waals surface area (Å²) in [6.45, 7) is 1.81. The van der Waals surface area contributed by atoms with Gasteiger partial charge in [0.2, 0.25) is 0 Å². The molecule has 2 aromatic rings. The summed E-state index contributed by atoms with van der Waals surface area (Å²) in [5.41, 5.74) is 1.12. The average molecular weight is 245 g/mol. The third-order valence-corrected chi connectivity index (χ3v) is 3.46. The lowest BCUT2D eigenvalue weighted by atomic mass is 10.1. The van der Waals surface area contributed by atoms with Crippen LogP contribution in [-0.2, 0) is 19.5 Å². The molecule has 4 heteroatoms. The first-order valence-electron chi connectivity index (χ1n) is 6.29. The molecular formula is C14H16FN3. The first kappa shape index (κ1) is 11.4. The summed E-state index contributed by atoms with van der Waals surface area (Å²) in [7, 11) is 0. The summed E-state index contributed by atoms with van der Waals surface area (Å²) >= 11 is 0. The molecule has 0 fully saturated rings. The van der Waals surface area contributed by atoms with Gasteiger partial charge in [-0.15, -0.1) is 0 Å². The molecule has 0 bridgehead atoms. The minimum atomic E-state index is -0.182. The van der Waals surface area contributed by atoms with Gasteiger partial charge in [0.1, 0.15) is 11.6 Å². The molecule has 0 saturated carbocycles. The van der Waals surface area contributed by atoms with Gasteiger partial charge in [-0.1, -0.05) is 12.1 Å². The summed E-state index contributed by atoms with van der Waals surface area (Å²) in [5.74, 6) is 0.969. The maximum atomic E-state index is 12.8. The van der Waals surface area contributed by atoms with E-state index in [-0.39, 0.29) is 5.82 Å². The van der Waals surface area contributed by atoms with Gasteiger partial charge < -0.3 is 9.88 Å². The van der Waals surface area contributed by atoms with Gasteiger partial charge in [0.05, 0.1) is 0 Å². The molecule has 94 valence electrons. The second-order valence-electron chi connectivity index (χ2n) is 4.73. The van der Waals surface area contributed by atoms with E-state index in [1.54, 1.807) is 0 Å². The van der Waals surface area contributed by atoms with Gasteiger partial charge in [-0.25, -0.2) is 9.37 Å². The predicted octanol–water partition coefficient (Wildman–Crippen LogP) is 2.13. The highest BCUT2D eigenvalue weighted by Crippen LogP contribution is 2.13. The minimum Gasteiger partial charge on any atom is -0.335 e. The molecule has 18 heavy (non-hydrogen) atoms. The quantitative estimate of drug-likeness (QED) is 0.897. The van der Waals surface area contributed by atoms with Gasteiger partial charge in [-0.3, -0.25) is 0 Å². The Morgan fingerprint density at radius 3 is 3.00 bits per heavy atom. The van der Waals surface area contributed by atoms with Crippen molar-refractivity contribution in [1.29, 1.82) is 0 Å². The lowest BCUT2D eigenvalue weighted by molar-refractivity contribution is 0.392. The second kappa shape index (κ2) is 4.90. The van der Waals surface area contributed by atoms with Crippen LogP contribution in [0.3, 0.4) is 0 Å². The summed E-state index contributed by atoms with van der Waals surface area (Å²) in [4.78, 5) is 4.35. The Kier molecular flexibility index (Phi) is 3.11. The van der Waals surface area contributed by atoms with Crippen molar-refractivity contribution in [3.8, 4) is 0 Å². The molecule has 1 aromatic heterocycles. The Balaban J connectivity index is 1.57. The number of fused-ring (bicyclic) bond motifs is 1. The van der Waals surface area contributed by atoms with Gasteiger partial charge in [0.25, 0.3) is 0 Å². The van der Waals surface area contributed by atoms with Crippen LogP contribution in [0.25, 0.3) is 0 Å². The largest absolute Gasteiger partial charge is 0.335 e. The highest BCUT2D eigenvalue weighted by atomic mass is 19.1. The van der Waals surface area contributed by atoms with Crippen molar-refractivity contribution in [3.05, 3.63) is 53.9 Å². The minimum absolute atomic E-state index is 0.182. The fourth-order valence-corrected chi connectivity index (χ4v) is 2.39. The zero-order valence-electron chi connectivity index (χ0n) is 10.1. The number of benzene rings is 1. The summed E-state index contributed by atoms with van der Waals surface area (Å²) < 4.78 is 15.0. The number of nitrogens with one attached hydrogen (secondary N) is 1. The Hall–Kier alpha value is -1.68. The van der Waals surface area contributed by atoms with E-state index < -0.39 is 0 Å². The van der Waals surface area contributed by atoms with Crippen molar-refractivity contribution in [3.63, 3.8) is 0 Å². The molecule has 1 aliphatic heterocycles. The summed E-state index contributed by atoms with van der Waals surface area (Å²) in [6.07, 6.45) is 5.97. The molecule has 1 aromatic carbocycles. The van der Waals surface area contributed by atoms with Crippen molar-refractivity contribution in [2.75, 3.05) is 0 Å². The van der Waals surface area contributed by atoms with Crippen LogP contribution in [0, 0.1) is 5.82 Å². The standard InChI is InChI=1S/C14H16FN3/c15-12-3-1-11(2-4-12)10-17-13-5-7-18-8-6-16-14(18)9-13/h1-4,6,8,13,17H,5,7,9-10H2/t13-/m1/s1. The summed E-state index contributed by atoms with van der Waals surface area (Å²) in [5, 5.41) is 3.51. The highest BCUT2D eigenvalue weighted by molar-refractivity contribution is 5.16. The highest BCUT2D eigenvalue weighted by Gasteiger charge is 2.18. The molecule has 3 rings (SSSR count). The lowest BCUT2D eigenvalue weighted by Crippen LogP contribution is -2.36. The van der Waals surface area contributed by atoms with Crippen molar-refractivity contribution in [1.82, 2.24) is 14.9 Å². The third kappa shape index (κ3) is 2.43. The molecule has 0 unspecified atom stereocenters. The molecular weight excluding hydrogens is 229 g/mol. The van der Waals surface area contributed by atoms with Crippen molar-refractivity contribution in [2.45, 2.75) is 32.0 Å². The van der Waals surface area contributed by atoms with Gasteiger partial charge >= 0.3 is 0 Å².